The van der Waals surface area contributed by atoms with Gasteiger partial charge in [0, 0.05) is 16.9 Å². The largest absolute Gasteiger partial charge is 0.481 e. The monoisotopic (exact) mass is 348 g/mol. The number of rotatable bonds is 4. The van der Waals surface area contributed by atoms with Gasteiger partial charge in [-0.3, -0.25) is 9.59 Å². The van der Waals surface area contributed by atoms with Crippen LogP contribution in [0.1, 0.15) is 50.0 Å². The highest BCUT2D eigenvalue weighted by Crippen LogP contribution is 2.08. The van der Waals surface area contributed by atoms with Gasteiger partial charge in [-0.1, -0.05) is 88.4 Å². The number of carboxylic acid groups (broad SMARTS) is 1. The van der Waals surface area contributed by atoms with Gasteiger partial charge in [-0.2, -0.15) is 12.6 Å². The maximum atomic E-state index is 11.8. The first-order valence-corrected chi connectivity index (χ1v) is 8.76. The highest BCUT2D eigenvalue weighted by atomic mass is 32.1. The van der Waals surface area contributed by atoms with Crippen molar-refractivity contribution in [1.29, 1.82) is 0 Å². The van der Waals surface area contributed by atoms with Crippen molar-refractivity contribution < 1.29 is 14.7 Å². The number of hydrogen-bond acceptors (Lipinski definition) is 3. The Labute approximate surface area is 151 Å². The molecule has 0 amide bonds. The minimum atomic E-state index is -0.787. The van der Waals surface area contributed by atoms with Crippen molar-refractivity contribution in [2.75, 3.05) is 5.75 Å². The van der Waals surface area contributed by atoms with Gasteiger partial charge in [0.15, 0.2) is 5.78 Å². The Hall–Kier alpha value is -2.07. The zero-order valence-electron chi connectivity index (χ0n) is 14.9. The molecule has 2 rings (SSSR count). The number of aliphatic carboxylic acids is 1. The second-order valence-electron chi connectivity index (χ2n) is 3.93. The van der Waals surface area contributed by atoms with Crippen LogP contribution in [0.25, 0.3) is 0 Å². The number of carboxylic acids is 1. The van der Waals surface area contributed by atoms with E-state index in [1.54, 1.807) is 0 Å². The molecule has 24 heavy (non-hydrogen) atoms. The van der Waals surface area contributed by atoms with Crippen LogP contribution in [0.15, 0.2) is 60.7 Å². The van der Waals surface area contributed by atoms with E-state index in [0.29, 0.717) is 5.75 Å². The average molecular weight is 349 g/mol. The molecule has 0 heterocycles. The molecule has 0 fully saturated rings. The van der Waals surface area contributed by atoms with Crippen molar-refractivity contribution >= 4 is 24.4 Å². The van der Waals surface area contributed by atoms with Crippen LogP contribution in [-0.2, 0) is 4.79 Å². The lowest BCUT2D eigenvalue weighted by Crippen LogP contribution is -1.99. The van der Waals surface area contributed by atoms with Gasteiger partial charge in [0.05, 0.1) is 6.42 Å². The Morgan fingerprint density at radius 2 is 1.12 bits per heavy atom. The van der Waals surface area contributed by atoms with E-state index in [9.17, 15) is 9.59 Å². The van der Waals surface area contributed by atoms with Gasteiger partial charge in [0.25, 0.3) is 0 Å². The second kappa shape index (κ2) is 17.3. The fourth-order valence-corrected chi connectivity index (χ4v) is 1.63. The molecule has 2 aromatic rings. The first-order chi connectivity index (χ1) is 11.6. The van der Waals surface area contributed by atoms with Crippen LogP contribution in [0.5, 0.6) is 0 Å². The van der Waals surface area contributed by atoms with Crippen LogP contribution in [0.2, 0.25) is 0 Å². The normalized spacial score (nSPS) is 8.21. The summed E-state index contributed by atoms with van der Waals surface area (Å²) < 4.78 is 0. The van der Waals surface area contributed by atoms with Gasteiger partial charge in [-0.05, 0) is 0 Å². The zero-order chi connectivity index (χ0) is 18.8. The topological polar surface area (TPSA) is 54.4 Å². The standard InChI is InChI=1S/C13H10O.C3H6O2S.2C2H6/c14-13(11-7-3-1-4-8-11)12-9-5-2-6-10-12;4-3(5)1-2-6;2*1-2/h1-10H;6H,1-2H2,(H,4,5);2*1-2H3. The molecule has 132 valence electrons. The van der Waals surface area contributed by atoms with Crippen LogP contribution in [-0.4, -0.2) is 22.6 Å². The molecule has 0 aliphatic rings. The molecule has 0 saturated carbocycles. The zero-order valence-corrected chi connectivity index (χ0v) is 15.8. The van der Waals surface area contributed by atoms with Crippen molar-refractivity contribution in [3.63, 3.8) is 0 Å². The lowest BCUT2D eigenvalue weighted by Gasteiger charge is -1.99. The van der Waals surface area contributed by atoms with E-state index in [1.165, 1.54) is 0 Å². The van der Waals surface area contributed by atoms with Crippen LogP contribution < -0.4 is 0 Å². The third-order valence-corrected chi connectivity index (χ3v) is 2.62. The summed E-state index contributed by atoms with van der Waals surface area (Å²) in [6, 6.07) is 18.6. The molecular weight excluding hydrogens is 320 g/mol. The minimum Gasteiger partial charge on any atom is -0.481 e. The van der Waals surface area contributed by atoms with Gasteiger partial charge >= 0.3 is 5.97 Å². The van der Waals surface area contributed by atoms with Crippen LogP contribution >= 0.6 is 12.6 Å². The van der Waals surface area contributed by atoms with Gasteiger partial charge in [0.2, 0.25) is 0 Å². The van der Waals surface area contributed by atoms with Crippen molar-refractivity contribution in [3.05, 3.63) is 71.8 Å². The molecular formula is C20H28O3S. The Balaban J connectivity index is 0. The van der Waals surface area contributed by atoms with Crippen molar-refractivity contribution in [2.45, 2.75) is 34.1 Å². The first kappa shape index (κ1) is 24.2. The van der Waals surface area contributed by atoms with E-state index in [2.05, 4.69) is 12.6 Å². The molecule has 0 bridgehead atoms. The summed E-state index contributed by atoms with van der Waals surface area (Å²) in [4.78, 5) is 21.4. The second-order valence-corrected chi connectivity index (χ2v) is 4.38. The molecule has 1 N–H and O–H groups in total. The first-order valence-electron chi connectivity index (χ1n) is 8.12. The van der Waals surface area contributed by atoms with E-state index in [4.69, 9.17) is 5.11 Å². The number of ketones is 1. The quantitative estimate of drug-likeness (QED) is 0.577. The lowest BCUT2D eigenvalue weighted by atomic mass is 10.0. The van der Waals surface area contributed by atoms with Crippen LogP contribution in [0, 0.1) is 0 Å². The molecule has 0 aromatic heterocycles. The van der Waals surface area contributed by atoms with Crippen molar-refractivity contribution in [2.24, 2.45) is 0 Å². The van der Waals surface area contributed by atoms with E-state index < -0.39 is 5.97 Å². The number of carbonyl (C=O) groups is 2. The molecule has 0 aliphatic heterocycles. The predicted octanol–water partition coefficient (Wildman–Crippen LogP) is 5.36. The molecule has 0 spiro atoms. The molecule has 3 nitrogen and oxygen atoms in total. The maximum Gasteiger partial charge on any atom is 0.304 e. The fourth-order valence-electron chi connectivity index (χ4n) is 1.44. The number of carbonyl (C=O) groups excluding carboxylic acids is 1. The van der Waals surface area contributed by atoms with E-state index in [0.717, 1.165) is 11.1 Å². The van der Waals surface area contributed by atoms with Crippen molar-refractivity contribution in [3.8, 4) is 0 Å². The highest BCUT2D eigenvalue weighted by molar-refractivity contribution is 7.80. The van der Waals surface area contributed by atoms with E-state index in [1.807, 2.05) is 88.4 Å². The SMILES string of the molecule is CC.CC.O=C(O)CCS.O=C(c1ccccc1)c1ccccc1. The molecule has 0 saturated heterocycles. The summed E-state index contributed by atoms with van der Waals surface area (Å²) in [5, 5.41) is 7.86. The van der Waals surface area contributed by atoms with Crippen molar-refractivity contribution in [1.82, 2.24) is 0 Å². The number of thiol groups is 1. The third kappa shape index (κ3) is 11.5. The van der Waals surface area contributed by atoms with Crippen LogP contribution in [0.3, 0.4) is 0 Å². The summed E-state index contributed by atoms with van der Waals surface area (Å²) in [7, 11) is 0. The Morgan fingerprint density at radius 3 is 1.33 bits per heavy atom. The highest BCUT2D eigenvalue weighted by Gasteiger charge is 2.06. The van der Waals surface area contributed by atoms with Gasteiger partial charge in [-0.25, -0.2) is 0 Å². The smallest absolute Gasteiger partial charge is 0.304 e. The molecule has 0 unspecified atom stereocenters. The van der Waals surface area contributed by atoms with Crippen LogP contribution in [0.4, 0.5) is 0 Å². The maximum absolute atomic E-state index is 11.8. The van der Waals surface area contributed by atoms with E-state index >= 15 is 0 Å². The van der Waals surface area contributed by atoms with Gasteiger partial charge in [0.1, 0.15) is 0 Å². The molecule has 2 aromatic carbocycles. The third-order valence-electron chi connectivity index (χ3n) is 2.40. The fraction of sp³-hybridized carbons (Fsp3) is 0.300. The average Bonchev–Trinajstić information content (AvgIpc) is 2.66. The molecule has 0 radical (unpaired) electrons. The van der Waals surface area contributed by atoms with Gasteiger partial charge in [-0.15, -0.1) is 0 Å². The summed E-state index contributed by atoms with van der Waals surface area (Å²) in [5.74, 6) is -0.286. The molecule has 4 heteroatoms. The van der Waals surface area contributed by atoms with E-state index in [-0.39, 0.29) is 12.2 Å². The molecule has 0 atom stereocenters. The summed E-state index contributed by atoms with van der Waals surface area (Å²) >= 11 is 3.68. The minimum absolute atomic E-state index is 0.0752. The number of hydrogen-bond donors (Lipinski definition) is 2. The molecule has 0 aliphatic carbocycles. The Bertz CT molecular complexity index is 498. The summed E-state index contributed by atoms with van der Waals surface area (Å²) in [6.45, 7) is 8.00. The number of benzene rings is 2. The summed E-state index contributed by atoms with van der Waals surface area (Å²) in [6.07, 6.45) is 0.156. The Morgan fingerprint density at radius 1 is 0.792 bits per heavy atom. The lowest BCUT2D eigenvalue weighted by molar-refractivity contribution is -0.136. The summed E-state index contributed by atoms with van der Waals surface area (Å²) in [5.41, 5.74) is 1.47. The predicted molar refractivity (Wildman–Crippen MR) is 105 cm³/mol. The Kier molecular flexibility index (Phi) is 17.4. The van der Waals surface area contributed by atoms with Gasteiger partial charge < -0.3 is 5.11 Å².